The van der Waals surface area contributed by atoms with Gasteiger partial charge in [0, 0.05) is 12.1 Å². The Kier molecular flexibility index (Phi) is 6.54. The lowest BCUT2D eigenvalue weighted by atomic mass is 9.94. The average Bonchev–Trinajstić information content (AvgIpc) is 3.42. The SMILES string of the molecule is COc1cc(OC)c(/C(O)=C2\C(=O)C(=O)N(c3nc4c(F)cc(F)cc4s3)C2c2cccc(C)c2)cc1Cl. The number of benzene rings is 3. The smallest absolute Gasteiger partial charge is 0.301 e. The number of aliphatic hydroxyl groups excluding tert-OH is 1. The Bertz CT molecular complexity index is 1670. The number of Topliss-reactive ketones (excluding diaryl/α,β-unsaturated/α-hetero) is 1. The standard InChI is InChI=1S/C27H19ClF2N2O5S/c1-12-5-4-6-13(7-12)23-21(24(33)15-10-16(28)19(37-3)11-18(15)36-2)25(34)26(35)32(23)27-31-22-17(30)8-14(29)9-20(22)38-27/h4-11,23,33H,1-3H3/b24-21+. The molecule has 0 saturated carbocycles. The molecule has 0 bridgehead atoms. The molecule has 1 fully saturated rings. The van der Waals surface area contributed by atoms with Crippen LogP contribution in [-0.4, -0.2) is 36.0 Å². The Morgan fingerprint density at radius 3 is 2.50 bits per heavy atom. The lowest BCUT2D eigenvalue weighted by molar-refractivity contribution is -0.132. The molecular formula is C27H19ClF2N2O5S. The molecule has 11 heteroatoms. The van der Waals surface area contributed by atoms with Crippen LogP contribution >= 0.6 is 22.9 Å². The monoisotopic (exact) mass is 556 g/mol. The number of aliphatic hydroxyl groups is 1. The van der Waals surface area contributed by atoms with Crippen LogP contribution in [0.4, 0.5) is 13.9 Å². The first-order valence-corrected chi connectivity index (χ1v) is 12.4. The van der Waals surface area contributed by atoms with Crippen LogP contribution in [0.2, 0.25) is 5.02 Å². The van der Waals surface area contributed by atoms with Crippen molar-refractivity contribution in [2.24, 2.45) is 0 Å². The number of aryl methyl sites for hydroxylation is 1. The van der Waals surface area contributed by atoms with Crippen molar-refractivity contribution in [3.63, 3.8) is 0 Å². The number of ether oxygens (including phenoxy) is 2. The Morgan fingerprint density at radius 2 is 1.82 bits per heavy atom. The summed E-state index contributed by atoms with van der Waals surface area (Å²) in [7, 11) is 2.78. The van der Waals surface area contributed by atoms with Crippen LogP contribution in [0.5, 0.6) is 11.5 Å². The number of carbonyl (C=O) groups excluding carboxylic acids is 2. The van der Waals surface area contributed by atoms with Crippen LogP contribution < -0.4 is 14.4 Å². The van der Waals surface area contributed by atoms with Crippen LogP contribution in [0.3, 0.4) is 0 Å². The molecular weight excluding hydrogens is 538 g/mol. The van der Waals surface area contributed by atoms with Gasteiger partial charge in [-0.1, -0.05) is 52.8 Å². The highest BCUT2D eigenvalue weighted by molar-refractivity contribution is 7.22. The molecule has 0 radical (unpaired) electrons. The maximum absolute atomic E-state index is 14.5. The number of methoxy groups -OCH3 is 2. The Labute approximate surface area is 224 Å². The second-order valence-corrected chi connectivity index (χ2v) is 9.92. The molecule has 1 aromatic heterocycles. The molecule has 2 heterocycles. The zero-order valence-corrected chi connectivity index (χ0v) is 21.8. The molecule has 5 rings (SSSR count). The molecule has 1 aliphatic rings. The largest absolute Gasteiger partial charge is 0.507 e. The molecule has 1 saturated heterocycles. The Hall–Kier alpha value is -4.02. The summed E-state index contributed by atoms with van der Waals surface area (Å²) in [5, 5.41) is 11.6. The van der Waals surface area contributed by atoms with Crippen molar-refractivity contribution in [2.45, 2.75) is 13.0 Å². The molecule has 1 amide bonds. The third-order valence-electron chi connectivity index (χ3n) is 6.14. The Balaban J connectivity index is 1.78. The van der Waals surface area contributed by atoms with E-state index >= 15 is 0 Å². The number of aromatic nitrogens is 1. The van der Waals surface area contributed by atoms with Crippen molar-refractivity contribution in [3.05, 3.63) is 87.5 Å². The minimum absolute atomic E-state index is 0.0307. The van der Waals surface area contributed by atoms with E-state index in [0.29, 0.717) is 11.6 Å². The van der Waals surface area contributed by atoms with Gasteiger partial charge in [-0.15, -0.1) is 0 Å². The van der Waals surface area contributed by atoms with E-state index in [9.17, 15) is 23.5 Å². The second-order valence-electron chi connectivity index (χ2n) is 8.50. The first-order chi connectivity index (χ1) is 18.1. The third-order valence-corrected chi connectivity index (χ3v) is 7.44. The molecule has 1 aliphatic heterocycles. The minimum Gasteiger partial charge on any atom is -0.507 e. The second kappa shape index (κ2) is 9.70. The van der Waals surface area contributed by atoms with E-state index in [2.05, 4.69) is 4.98 Å². The third kappa shape index (κ3) is 4.15. The molecule has 4 aromatic rings. The van der Waals surface area contributed by atoms with Crippen molar-refractivity contribution in [2.75, 3.05) is 19.1 Å². The van der Waals surface area contributed by atoms with Crippen LogP contribution in [0.25, 0.3) is 16.0 Å². The lowest BCUT2D eigenvalue weighted by Gasteiger charge is -2.23. The van der Waals surface area contributed by atoms with Gasteiger partial charge in [0.05, 0.1) is 41.1 Å². The van der Waals surface area contributed by atoms with Gasteiger partial charge in [0.15, 0.2) is 10.9 Å². The molecule has 38 heavy (non-hydrogen) atoms. The van der Waals surface area contributed by atoms with Crippen molar-refractivity contribution >= 4 is 55.7 Å². The van der Waals surface area contributed by atoms with Crippen molar-refractivity contribution < 1.29 is 33.0 Å². The van der Waals surface area contributed by atoms with Crippen molar-refractivity contribution in [1.29, 1.82) is 0 Å². The summed E-state index contributed by atoms with van der Waals surface area (Å²) in [5.41, 5.74) is 1.00. The van der Waals surface area contributed by atoms with Gasteiger partial charge in [0.1, 0.15) is 28.6 Å². The number of hydrogen-bond acceptors (Lipinski definition) is 7. The van der Waals surface area contributed by atoms with Crippen LogP contribution in [-0.2, 0) is 9.59 Å². The summed E-state index contributed by atoms with van der Waals surface area (Å²) in [4.78, 5) is 32.2. The fourth-order valence-corrected chi connectivity index (χ4v) is 5.70. The molecule has 3 aromatic carbocycles. The number of amides is 1. The average molecular weight is 557 g/mol. The summed E-state index contributed by atoms with van der Waals surface area (Å²) in [6, 6.07) is 10.5. The van der Waals surface area contributed by atoms with Crippen molar-refractivity contribution in [1.82, 2.24) is 4.98 Å². The summed E-state index contributed by atoms with van der Waals surface area (Å²) >= 11 is 7.15. The van der Waals surface area contributed by atoms with Gasteiger partial charge >= 0.3 is 5.91 Å². The van der Waals surface area contributed by atoms with E-state index in [1.54, 1.807) is 18.2 Å². The maximum Gasteiger partial charge on any atom is 0.301 e. The number of hydrogen-bond donors (Lipinski definition) is 1. The van der Waals surface area contributed by atoms with Gasteiger partial charge in [-0.25, -0.2) is 13.8 Å². The van der Waals surface area contributed by atoms with Gasteiger partial charge in [0.2, 0.25) is 0 Å². The fraction of sp³-hybridized carbons (Fsp3) is 0.148. The van der Waals surface area contributed by atoms with E-state index < -0.39 is 35.1 Å². The number of anilines is 1. The molecule has 7 nitrogen and oxygen atoms in total. The zero-order valence-electron chi connectivity index (χ0n) is 20.2. The predicted molar refractivity (Wildman–Crippen MR) is 140 cm³/mol. The normalized spacial score (nSPS) is 16.9. The van der Waals surface area contributed by atoms with E-state index in [4.69, 9.17) is 21.1 Å². The van der Waals surface area contributed by atoms with E-state index in [1.807, 2.05) is 13.0 Å². The van der Waals surface area contributed by atoms with Crippen LogP contribution in [0, 0.1) is 18.6 Å². The molecule has 0 aliphatic carbocycles. The van der Waals surface area contributed by atoms with Crippen LogP contribution in [0.15, 0.2) is 54.1 Å². The fourth-order valence-electron chi connectivity index (χ4n) is 4.42. The maximum atomic E-state index is 14.5. The topological polar surface area (TPSA) is 89.0 Å². The number of halogens is 3. The molecule has 0 spiro atoms. The number of carbonyl (C=O) groups is 2. The first kappa shape index (κ1) is 25.6. The highest BCUT2D eigenvalue weighted by atomic mass is 35.5. The van der Waals surface area contributed by atoms with Gasteiger partial charge in [-0.3, -0.25) is 14.5 Å². The zero-order chi connectivity index (χ0) is 27.3. The van der Waals surface area contributed by atoms with Gasteiger partial charge in [0.25, 0.3) is 5.78 Å². The number of thiazole rings is 1. The summed E-state index contributed by atoms with van der Waals surface area (Å²) in [6.45, 7) is 1.83. The molecule has 1 atom stereocenters. The predicted octanol–water partition coefficient (Wildman–Crippen LogP) is 6.18. The number of fused-ring (bicyclic) bond motifs is 1. The number of ketones is 1. The first-order valence-electron chi connectivity index (χ1n) is 11.2. The summed E-state index contributed by atoms with van der Waals surface area (Å²) < 4.78 is 39.1. The van der Waals surface area contributed by atoms with Gasteiger partial charge in [-0.05, 0) is 24.6 Å². The summed E-state index contributed by atoms with van der Waals surface area (Å²) in [5.74, 6) is -3.78. The minimum atomic E-state index is -1.13. The van der Waals surface area contributed by atoms with Crippen molar-refractivity contribution in [3.8, 4) is 11.5 Å². The number of rotatable bonds is 5. The van der Waals surface area contributed by atoms with Crippen LogP contribution in [0.1, 0.15) is 22.7 Å². The van der Waals surface area contributed by atoms with E-state index in [-0.39, 0.29) is 43.0 Å². The number of nitrogens with zero attached hydrogens (tertiary/aromatic N) is 2. The molecule has 1 unspecified atom stereocenters. The van der Waals surface area contributed by atoms with E-state index in [1.165, 1.54) is 26.4 Å². The highest BCUT2D eigenvalue weighted by Crippen LogP contribution is 2.46. The van der Waals surface area contributed by atoms with E-state index in [0.717, 1.165) is 27.9 Å². The summed E-state index contributed by atoms with van der Waals surface area (Å²) in [6.07, 6.45) is 0. The molecule has 1 N–H and O–H groups in total. The highest BCUT2D eigenvalue weighted by Gasteiger charge is 2.48. The van der Waals surface area contributed by atoms with Gasteiger partial charge in [-0.2, -0.15) is 0 Å². The Morgan fingerprint density at radius 1 is 1.08 bits per heavy atom. The lowest BCUT2D eigenvalue weighted by Crippen LogP contribution is -2.29. The quantitative estimate of drug-likeness (QED) is 0.179. The molecule has 194 valence electrons. The van der Waals surface area contributed by atoms with Gasteiger partial charge < -0.3 is 14.6 Å².